The molecule has 3 heterocycles. The molecule has 1 saturated heterocycles. The van der Waals surface area contributed by atoms with Gasteiger partial charge in [-0.3, -0.25) is 9.48 Å². The lowest BCUT2D eigenvalue weighted by Crippen LogP contribution is -2.49. The van der Waals surface area contributed by atoms with Crippen LogP contribution in [0.3, 0.4) is 0 Å². The van der Waals surface area contributed by atoms with Gasteiger partial charge in [0.1, 0.15) is 30.7 Å². The van der Waals surface area contributed by atoms with Crippen LogP contribution in [0.25, 0.3) is 11.3 Å². The second kappa shape index (κ2) is 8.57. The number of carbonyl (C=O) groups excluding carboxylic acids is 1. The van der Waals surface area contributed by atoms with Gasteiger partial charge in [0.2, 0.25) is 0 Å². The molecule has 2 aromatic carbocycles. The van der Waals surface area contributed by atoms with E-state index in [1.807, 2.05) is 4.90 Å². The molecule has 5 rings (SSSR count). The van der Waals surface area contributed by atoms with Crippen molar-refractivity contribution in [3.8, 4) is 17.0 Å². The van der Waals surface area contributed by atoms with Gasteiger partial charge in [-0.2, -0.15) is 5.10 Å². The fraction of sp³-hybridized carbons (Fsp3) is 0.360. The van der Waals surface area contributed by atoms with Crippen LogP contribution in [0.4, 0.5) is 13.2 Å². The van der Waals surface area contributed by atoms with Crippen LogP contribution in [-0.4, -0.2) is 39.9 Å². The van der Waals surface area contributed by atoms with Crippen LogP contribution < -0.4 is 4.74 Å². The van der Waals surface area contributed by atoms with E-state index in [4.69, 9.17) is 9.84 Å². The summed E-state index contributed by atoms with van der Waals surface area (Å²) in [6.45, 7) is -0.665. The zero-order valence-corrected chi connectivity index (χ0v) is 18.2. The molecule has 0 spiro atoms. The van der Waals surface area contributed by atoms with Crippen molar-refractivity contribution in [2.75, 3.05) is 13.3 Å². The normalized spacial score (nSPS) is 19.3. The molecule has 2 atom stereocenters. The van der Waals surface area contributed by atoms with E-state index < -0.39 is 18.3 Å². The molecular weight excluding hydrogens is 431 g/mol. The van der Waals surface area contributed by atoms with Crippen molar-refractivity contribution in [2.45, 2.75) is 37.8 Å². The highest BCUT2D eigenvalue weighted by Crippen LogP contribution is 2.45. The van der Waals surface area contributed by atoms with Crippen molar-refractivity contribution >= 4 is 5.91 Å². The first-order chi connectivity index (χ1) is 16.0. The van der Waals surface area contributed by atoms with E-state index in [0.717, 1.165) is 36.6 Å². The minimum Gasteiger partial charge on any atom is -0.491 e. The van der Waals surface area contributed by atoms with Gasteiger partial charge in [0.05, 0.1) is 17.4 Å². The Labute approximate surface area is 189 Å². The molecule has 5 nitrogen and oxygen atoms in total. The summed E-state index contributed by atoms with van der Waals surface area (Å²) in [5.74, 6) is -0.940. The smallest absolute Gasteiger partial charge is 0.254 e. The molecule has 0 radical (unpaired) electrons. The molecule has 3 aromatic rings. The number of alkyl halides is 1. The molecule has 1 fully saturated rings. The topological polar surface area (TPSA) is 47.4 Å². The molecule has 2 aliphatic heterocycles. The van der Waals surface area contributed by atoms with Crippen LogP contribution in [0.1, 0.15) is 46.9 Å². The summed E-state index contributed by atoms with van der Waals surface area (Å²) in [5.41, 5.74) is 3.34. The van der Waals surface area contributed by atoms with Crippen molar-refractivity contribution in [1.82, 2.24) is 14.7 Å². The number of halogens is 3. The minimum atomic E-state index is -0.636. The number of nitrogens with zero attached hydrogens (tertiary/aromatic N) is 3. The quantitative estimate of drug-likeness (QED) is 0.544. The number of piperidine rings is 1. The summed E-state index contributed by atoms with van der Waals surface area (Å²) in [6, 6.07) is 10.0. The maximum atomic E-state index is 13.9. The number of hydrogen-bond donors (Lipinski definition) is 0. The maximum Gasteiger partial charge on any atom is 0.254 e. The second-order valence-corrected chi connectivity index (χ2v) is 8.58. The van der Waals surface area contributed by atoms with Crippen molar-refractivity contribution in [2.24, 2.45) is 7.05 Å². The Balaban J connectivity index is 1.52. The van der Waals surface area contributed by atoms with E-state index in [0.29, 0.717) is 29.0 Å². The van der Waals surface area contributed by atoms with Gasteiger partial charge in [-0.25, -0.2) is 13.2 Å². The molecule has 2 bridgehead atoms. The molecule has 1 aromatic heterocycles. The highest BCUT2D eigenvalue weighted by Gasteiger charge is 2.43. The standard InChI is InChI=1S/C25H24F3N3O2/c1-30-24(16-10-17(27)13-18(28)11-16)21-14-19-5-3-7-22(23(21)29-30)31(19)25(32)15-4-2-6-20(12-15)33-9-8-26/h2,4,6,10-13,19,22H,3,5,7-9,14H2,1H3/t19-,22+/m1/s1. The first-order valence-corrected chi connectivity index (χ1v) is 11.1. The zero-order chi connectivity index (χ0) is 23.1. The Kier molecular flexibility index (Phi) is 5.60. The van der Waals surface area contributed by atoms with Gasteiger partial charge in [0.15, 0.2) is 0 Å². The van der Waals surface area contributed by atoms with Gasteiger partial charge >= 0.3 is 0 Å². The highest BCUT2D eigenvalue weighted by molar-refractivity contribution is 5.95. The third-order valence-corrected chi connectivity index (χ3v) is 6.47. The number of carbonyl (C=O) groups is 1. The number of benzene rings is 2. The lowest BCUT2D eigenvalue weighted by atomic mass is 9.81. The van der Waals surface area contributed by atoms with Crippen LogP contribution in [0, 0.1) is 11.6 Å². The van der Waals surface area contributed by atoms with Crippen molar-refractivity contribution in [3.63, 3.8) is 0 Å². The first kappa shape index (κ1) is 21.6. The molecule has 1 amide bonds. The monoisotopic (exact) mass is 455 g/mol. The number of hydrogen-bond acceptors (Lipinski definition) is 3. The lowest BCUT2D eigenvalue weighted by Gasteiger charge is -2.45. The second-order valence-electron chi connectivity index (χ2n) is 8.58. The van der Waals surface area contributed by atoms with Crippen LogP contribution in [0.2, 0.25) is 0 Å². The fourth-order valence-corrected chi connectivity index (χ4v) is 5.22. The Morgan fingerprint density at radius 3 is 2.70 bits per heavy atom. The van der Waals surface area contributed by atoms with Crippen LogP contribution in [0.5, 0.6) is 5.75 Å². The number of aryl methyl sites for hydroxylation is 1. The molecule has 33 heavy (non-hydrogen) atoms. The first-order valence-electron chi connectivity index (χ1n) is 11.1. The molecule has 8 heteroatoms. The average Bonchev–Trinajstić information content (AvgIpc) is 3.12. The molecule has 0 unspecified atom stereocenters. The van der Waals surface area contributed by atoms with Gasteiger partial charge < -0.3 is 9.64 Å². The summed E-state index contributed by atoms with van der Waals surface area (Å²) in [5, 5.41) is 4.70. The number of fused-ring (bicyclic) bond motifs is 4. The van der Waals surface area contributed by atoms with Crippen LogP contribution in [0.15, 0.2) is 42.5 Å². The Hall–Kier alpha value is -3.29. The van der Waals surface area contributed by atoms with Crippen LogP contribution >= 0.6 is 0 Å². The number of rotatable bonds is 5. The number of ether oxygens (including phenoxy) is 1. The molecule has 172 valence electrons. The summed E-state index contributed by atoms with van der Waals surface area (Å²) in [4.78, 5) is 15.5. The number of aromatic nitrogens is 2. The Morgan fingerprint density at radius 1 is 1.15 bits per heavy atom. The lowest BCUT2D eigenvalue weighted by molar-refractivity contribution is 0.0391. The molecule has 0 N–H and O–H groups in total. The van der Waals surface area contributed by atoms with Gasteiger partial charge in [-0.1, -0.05) is 6.07 Å². The predicted octanol–water partition coefficient (Wildman–Crippen LogP) is 5.01. The minimum absolute atomic E-state index is 0.0412. The van der Waals surface area contributed by atoms with Crippen molar-refractivity contribution in [3.05, 3.63) is 70.9 Å². The molecular formula is C25H24F3N3O2. The van der Waals surface area contributed by atoms with E-state index in [1.165, 1.54) is 12.1 Å². The molecule has 2 aliphatic rings. The average molecular weight is 455 g/mol. The van der Waals surface area contributed by atoms with Crippen molar-refractivity contribution < 1.29 is 22.7 Å². The van der Waals surface area contributed by atoms with Gasteiger partial charge in [-0.15, -0.1) is 0 Å². The van der Waals surface area contributed by atoms with E-state index in [1.54, 1.807) is 36.0 Å². The van der Waals surface area contributed by atoms with Gasteiger partial charge in [0.25, 0.3) is 5.91 Å². The Bertz CT molecular complexity index is 1190. The number of amides is 1. The highest BCUT2D eigenvalue weighted by atomic mass is 19.1. The van der Waals surface area contributed by atoms with E-state index in [2.05, 4.69) is 0 Å². The third-order valence-electron chi connectivity index (χ3n) is 6.47. The summed E-state index contributed by atoms with van der Waals surface area (Å²) >= 11 is 0. The van der Waals surface area contributed by atoms with Crippen molar-refractivity contribution in [1.29, 1.82) is 0 Å². The van der Waals surface area contributed by atoms with Crippen LogP contribution in [-0.2, 0) is 13.5 Å². The maximum absolute atomic E-state index is 13.9. The van der Waals surface area contributed by atoms with Gasteiger partial charge in [-0.05, 0) is 56.0 Å². The van der Waals surface area contributed by atoms with Gasteiger partial charge in [0, 0.05) is 35.8 Å². The zero-order valence-electron chi connectivity index (χ0n) is 18.2. The summed E-state index contributed by atoms with van der Waals surface area (Å²) < 4.78 is 47.3. The molecule has 0 aliphatic carbocycles. The predicted molar refractivity (Wildman–Crippen MR) is 117 cm³/mol. The van der Waals surface area contributed by atoms with E-state index in [-0.39, 0.29) is 24.6 Å². The third kappa shape index (κ3) is 3.87. The summed E-state index contributed by atoms with van der Waals surface area (Å²) in [7, 11) is 1.76. The van der Waals surface area contributed by atoms with E-state index in [9.17, 15) is 18.0 Å². The SMILES string of the molecule is Cn1nc2c(c1-c1cc(F)cc(F)c1)C[C@H]1CCC[C@@H]2N1C(=O)c1cccc(OCCF)c1. The molecule has 0 saturated carbocycles. The van der Waals surface area contributed by atoms with E-state index >= 15 is 0 Å². The Morgan fingerprint density at radius 2 is 1.94 bits per heavy atom. The largest absolute Gasteiger partial charge is 0.491 e. The summed E-state index contributed by atoms with van der Waals surface area (Å²) in [6.07, 6.45) is 3.14. The fourth-order valence-electron chi connectivity index (χ4n) is 5.22.